The van der Waals surface area contributed by atoms with Gasteiger partial charge in [0.1, 0.15) is 12.4 Å². The van der Waals surface area contributed by atoms with E-state index in [1.807, 2.05) is 24.8 Å². The van der Waals surface area contributed by atoms with Crippen LogP contribution in [0.5, 0.6) is 5.75 Å². The van der Waals surface area contributed by atoms with Crippen LogP contribution in [0.1, 0.15) is 37.3 Å². The number of hydrogen-bond donors (Lipinski definition) is 4. The van der Waals surface area contributed by atoms with E-state index in [-0.39, 0.29) is 18.3 Å². The van der Waals surface area contributed by atoms with E-state index in [0.29, 0.717) is 37.9 Å². The molecule has 5 N–H and O–H groups in total. The van der Waals surface area contributed by atoms with Crippen molar-refractivity contribution in [2.24, 2.45) is 5.73 Å². The maximum absolute atomic E-state index is 13.2. The number of phenols is 1. The molecular weight excluding hydrogens is 385 g/mol. The molecule has 0 radical (unpaired) electrons. The molecule has 0 saturated carbocycles. The molecule has 1 aromatic carbocycles. The second-order valence-corrected chi connectivity index (χ2v) is 8.90. The number of carbonyl (C=O) groups excluding carboxylic acids is 1. The number of phenolic OH excluding ortho intramolecular Hbond substituents is 1. The lowest BCUT2D eigenvalue weighted by molar-refractivity contribution is -0.138. The van der Waals surface area contributed by atoms with E-state index in [9.17, 15) is 19.4 Å². The standard InChI is InChI=1S/C23H30FN3O3/c1-14-3-4-18(28)10-19(14)22-5-7-27(8-6-24)15(2)23(22,30)11-16-9-17(21(25)29)13-26-20(16)12-22/h3-4,9-10,15,26,28,30H,5-8,11-13H2,1-2H3,(H2,25,29)/t15-,22-,23-/m1/s1. The number of nitrogens with two attached hydrogens (primary N) is 1. The van der Waals surface area contributed by atoms with Crippen LogP contribution in [0, 0.1) is 6.92 Å². The van der Waals surface area contributed by atoms with Crippen molar-refractivity contribution >= 4 is 5.91 Å². The Morgan fingerprint density at radius 3 is 2.87 bits per heavy atom. The number of allylic oxidation sites excluding steroid dienone is 2. The number of aliphatic hydroxyl groups is 1. The fraction of sp³-hybridized carbons (Fsp3) is 0.522. The van der Waals surface area contributed by atoms with Gasteiger partial charge in [0.2, 0.25) is 5.91 Å². The summed E-state index contributed by atoms with van der Waals surface area (Å²) in [5, 5.41) is 25.9. The van der Waals surface area contributed by atoms with Crippen molar-refractivity contribution in [1.29, 1.82) is 0 Å². The number of fused-ring (bicyclic) bond motifs is 1. The summed E-state index contributed by atoms with van der Waals surface area (Å²) < 4.78 is 13.2. The van der Waals surface area contributed by atoms with Gasteiger partial charge in [-0.05, 0) is 68.1 Å². The van der Waals surface area contributed by atoms with Crippen molar-refractivity contribution in [1.82, 2.24) is 10.2 Å². The molecule has 3 atom stereocenters. The minimum Gasteiger partial charge on any atom is -0.508 e. The summed E-state index contributed by atoms with van der Waals surface area (Å²) in [6, 6.07) is 4.99. The quantitative estimate of drug-likeness (QED) is 0.601. The number of carbonyl (C=O) groups is 1. The van der Waals surface area contributed by atoms with E-state index in [2.05, 4.69) is 5.32 Å². The van der Waals surface area contributed by atoms with Gasteiger partial charge in [-0.1, -0.05) is 6.07 Å². The minimum atomic E-state index is -1.20. The molecule has 0 spiro atoms. The van der Waals surface area contributed by atoms with Crippen LogP contribution < -0.4 is 11.1 Å². The summed E-state index contributed by atoms with van der Waals surface area (Å²) in [5.74, 6) is -0.309. The minimum absolute atomic E-state index is 0.165. The number of alkyl halides is 1. The number of benzene rings is 1. The van der Waals surface area contributed by atoms with Crippen LogP contribution in [0.15, 0.2) is 41.1 Å². The Bertz CT molecular complexity index is 944. The Hall–Kier alpha value is -2.38. The molecule has 2 heterocycles. The third-order valence-corrected chi connectivity index (χ3v) is 7.49. The van der Waals surface area contributed by atoms with Gasteiger partial charge in [0.15, 0.2) is 0 Å². The van der Waals surface area contributed by atoms with Crippen molar-refractivity contribution in [3.05, 3.63) is 52.2 Å². The third-order valence-electron chi connectivity index (χ3n) is 7.49. The SMILES string of the molecule is Cc1ccc(O)cc1[C@]12CCN(CCF)[C@H](C)[C@]1(O)CC1=C(C2)NCC(C(N)=O)=C1. The van der Waals surface area contributed by atoms with Crippen molar-refractivity contribution in [2.75, 3.05) is 26.3 Å². The number of aromatic hydroxyl groups is 1. The molecule has 7 heteroatoms. The Morgan fingerprint density at radius 1 is 1.40 bits per heavy atom. The van der Waals surface area contributed by atoms with Crippen LogP contribution in [0.25, 0.3) is 0 Å². The van der Waals surface area contributed by atoms with Gasteiger partial charge in [-0.3, -0.25) is 9.69 Å². The number of rotatable bonds is 4. The molecule has 6 nitrogen and oxygen atoms in total. The third kappa shape index (κ3) is 3.03. The van der Waals surface area contributed by atoms with E-state index >= 15 is 0 Å². The van der Waals surface area contributed by atoms with Gasteiger partial charge in [0.05, 0.1) is 5.60 Å². The van der Waals surface area contributed by atoms with Crippen molar-refractivity contribution in [3.63, 3.8) is 0 Å². The highest BCUT2D eigenvalue weighted by Gasteiger charge is 2.61. The zero-order valence-corrected chi connectivity index (χ0v) is 17.5. The van der Waals surface area contributed by atoms with E-state index in [0.717, 1.165) is 22.4 Å². The molecule has 3 aliphatic rings. The van der Waals surface area contributed by atoms with E-state index < -0.39 is 23.6 Å². The first-order valence-corrected chi connectivity index (χ1v) is 10.5. The summed E-state index contributed by atoms with van der Waals surface area (Å²) in [5.41, 5.74) is 7.95. The Balaban J connectivity index is 1.89. The van der Waals surface area contributed by atoms with E-state index in [4.69, 9.17) is 5.73 Å². The molecule has 1 saturated heterocycles. The number of piperidine rings is 1. The number of halogens is 1. The molecule has 4 rings (SSSR count). The zero-order valence-electron chi connectivity index (χ0n) is 17.5. The highest BCUT2D eigenvalue weighted by molar-refractivity contribution is 5.93. The number of hydrogen-bond acceptors (Lipinski definition) is 5. The average Bonchev–Trinajstić information content (AvgIpc) is 2.71. The van der Waals surface area contributed by atoms with Gasteiger partial charge >= 0.3 is 0 Å². The van der Waals surface area contributed by atoms with Gasteiger partial charge in [0.25, 0.3) is 0 Å². The fourth-order valence-corrected chi connectivity index (χ4v) is 5.76. The topological polar surface area (TPSA) is 98.8 Å². The monoisotopic (exact) mass is 415 g/mol. The normalized spacial score (nSPS) is 31.5. The first-order valence-electron chi connectivity index (χ1n) is 10.5. The van der Waals surface area contributed by atoms with Crippen LogP contribution in [0.3, 0.4) is 0 Å². The lowest BCUT2D eigenvalue weighted by Crippen LogP contribution is -2.69. The summed E-state index contributed by atoms with van der Waals surface area (Å²) in [6.45, 7) is 4.76. The molecule has 1 aliphatic carbocycles. The Labute approximate surface area is 176 Å². The van der Waals surface area contributed by atoms with Gasteiger partial charge in [-0.2, -0.15) is 0 Å². The van der Waals surface area contributed by atoms with Gasteiger partial charge in [0, 0.05) is 42.2 Å². The van der Waals surface area contributed by atoms with Crippen LogP contribution in [-0.2, 0) is 10.2 Å². The van der Waals surface area contributed by atoms with Crippen molar-refractivity contribution in [2.45, 2.75) is 50.2 Å². The summed E-state index contributed by atoms with van der Waals surface area (Å²) in [4.78, 5) is 13.7. The second kappa shape index (κ2) is 7.39. The first kappa shape index (κ1) is 20.9. The number of likely N-dealkylation sites (tertiary alicyclic amines) is 1. The highest BCUT2D eigenvalue weighted by Crippen LogP contribution is 2.56. The van der Waals surface area contributed by atoms with Gasteiger partial charge in [-0.25, -0.2) is 4.39 Å². The molecule has 1 fully saturated rings. The molecule has 162 valence electrons. The predicted octanol–water partition coefficient (Wildman–Crippen LogP) is 1.80. The lowest BCUT2D eigenvalue weighted by atomic mass is 9.53. The molecule has 1 amide bonds. The van der Waals surface area contributed by atoms with Crippen LogP contribution in [-0.4, -0.2) is 59.0 Å². The average molecular weight is 416 g/mol. The van der Waals surface area contributed by atoms with E-state index in [1.165, 1.54) is 0 Å². The van der Waals surface area contributed by atoms with Crippen LogP contribution in [0.2, 0.25) is 0 Å². The molecule has 0 aromatic heterocycles. The number of nitrogens with one attached hydrogen (secondary N) is 1. The van der Waals surface area contributed by atoms with Crippen LogP contribution in [0.4, 0.5) is 4.39 Å². The molecule has 2 aliphatic heterocycles. The Kier molecular flexibility index (Phi) is 5.14. The molecule has 0 bridgehead atoms. The van der Waals surface area contributed by atoms with Crippen molar-refractivity contribution in [3.8, 4) is 5.75 Å². The fourth-order valence-electron chi connectivity index (χ4n) is 5.76. The number of nitrogens with zero attached hydrogens (tertiary/aromatic N) is 1. The maximum Gasteiger partial charge on any atom is 0.246 e. The maximum atomic E-state index is 13.2. The first-order chi connectivity index (χ1) is 14.2. The summed E-state index contributed by atoms with van der Waals surface area (Å²) in [7, 11) is 0. The number of primary amides is 1. The van der Waals surface area contributed by atoms with E-state index in [1.54, 1.807) is 18.2 Å². The summed E-state index contributed by atoms with van der Waals surface area (Å²) >= 11 is 0. The van der Waals surface area contributed by atoms with Crippen molar-refractivity contribution < 1.29 is 19.4 Å². The number of amides is 1. The lowest BCUT2D eigenvalue weighted by Gasteiger charge is -2.61. The number of aryl methyl sites for hydroxylation is 1. The van der Waals surface area contributed by atoms with Gasteiger partial charge < -0.3 is 21.3 Å². The smallest absolute Gasteiger partial charge is 0.246 e. The van der Waals surface area contributed by atoms with Gasteiger partial charge in [-0.15, -0.1) is 0 Å². The second-order valence-electron chi connectivity index (χ2n) is 8.90. The van der Waals surface area contributed by atoms with Crippen LogP contribution >= 0.6 is 0 Å². The molecule has 0 unspecified atom stereocenters. The summed E-state index contributed by atoms with van der Waals surface area (Å²) in [6.07, 6.45) is 3.32. The largest absolute Gasteiger partial charge is 0.508 e. The molecule has 30 heavy (non-hydrogen) atoms. The molecule has 1 aromatic rings. The molecular formula is C23H30FN3O3. The Morgan fingerprint density at radius 2 is 2.17 bits per heavy atom. The highest BCUT2D eigenvalue weighted by atomic mass is 19.1. The zero-order chi connectivity index (χ0) is 21.7. The number of dihydropyridines is 1. The predicted molar refractivity (Wildman–Crippen MR) is 113 cm³/mol.